The molecular formula is C21H23N3O4. The molecule has 0 saturated heterocycles. The zero-order valence-electron chi connectivity index (χ0n) is 16.4. The van der Waals surface area contributed by atoms with E-state index in [1.807, 2.05) is 27.4 Å². The fourth-order valence-corrected chi connectivity index (χ4v) is 3.96. The maximum Gasteiger partial charge on any atom is 0.341 e. The van der Waals surface area contributed by atoms with Crippen LogP contribution in [0.1, 0.15) is 43.6 Å². The lowest BCUT2D eigenvalue weighted by Crippen LogP contribution is -2.36. The molecule has 0 amide bonds. The molecule has 3 aromatic rings. The molecule has 2 aromatic heterocycles. The average Bonchev–Trinajstić information content (AvgIpc) is 3.05. The predicted molar refractivity (Wildman–Crippen MR) is 106 cm³/mol. The highest BCUT2D eigenvalue weighted by atomic mass is 16.5. The minimum atomic E-state index is -1.21. The summed E-state index contributed by atoms with van der Waals surface area (Å²) in [6.07, 6.45) is 2.38. The Hall–Kier alpha value is -3.09. The third-order valence-corrected chi connectivity index (χ3v) is 6.00. The molecule has 7 nitrogen and oxygen atoms in total. The minimum Gasteiger partial charge on any atom is -0.494 e. The molecule has 7 heteroatoms. The van der Waals surface area contributed by atoms with Gasteiger partial charge in [-0.3, -0.25) is 9.48 Å². The number of nitrogens with zero attached hydrogens (tertiary/aromatic N) is 3. The Morgan fingerprint density at radius 1 is 1.39 bits per heavy atom. The predicted octanol–water partition coefficient (Wildman–Crippen LogP) is 3.56. The standard InChI is InChI=1S/C21H23N3O4/c1-5-21(2,3)17-11-24-19(12-7-6-8-16(28-4)18(12)22-24)14-9-15(25)13(20(26)27)10-23(14)17/h6-10,17H,5,11H2,1-4H3,(H,26,27). The molecule has 1 unspecified atom stereocenters. The van der Waals surface area contributed by atoms with Crippen molar-refractivity contribution in [2.24, 2.45) is 5.41 Å². The number of fused-ring (bicyclic) bond motifs is 5. The first kappa shape index (κ1) is 18.3. The number of pyridine rings is 1. The van der Waals surface area contributed by atoms with Gasteiger partial charge in [0.1, 0.15) is 16.8 Å². The van der Waals surface area contributed by atoms with Crippen LogP contribution in [0.2, 0.25) is 0 Å². The highest BCUT2D eigenvalue weighted by Crippen LogP contribution is 2.44. The summed E-state index contributed by atoms with van der Waals surface area (Å²) in [5, 5.41) is 15.1. The number of ether oxygens (including phenoxy) is 1. The van der Waals surface area contributed by atoms with Gasteiger partial charge in [0.15, 0.2) is 5.43 Å². The van der Waals surface area contributed by atoms with Gasteiger partial charge < -0.3 is 14.4 Å². The van der Waals surface area contributed by atoms with E-state index in [1.165, 1.54) is 12.3 Å². The number of carboxylic acids is 1. The van der Waals surface area contributed by atoms with E-state index in [4.69, 9.17) is 9.84 Å². The molecule has 0 fully saturated rings. The monoisotopic (exact) mass is 381 g/mol. The van der Waals surface area contributed by atoms with E-state index in [2.05, 4.69) is 20.8 Å². The summed E-state index contributed by atoms with van der Waals surface area (Å²) in [5.41, 5.74) is 1.39. The lowest BCUT2D eigenvalue weighted by Gasteiger charge is -2.40. The third-order valence-electron chi connectivity index (χ3n) is 6.00. The Bertz CT molecular complexity index is 1160. The van der Waals surface area contributed by atoms with Crippen molar-refractivity contribution >= 4 is 16.9 Å². The molecule has 1 atom stereocenters. The van der Waals surface area contributed by atoms with E-state index in [0.29, 0.717) is 18.0 Å². The Balaban J connectivity index is 2.08. The first-order chi connectivity index (χ1) is 13.3. The zero-order chi connectivity index (χ0) is 20.2. The number of benzene rings is 1. The molecule has 1 aromatic carbocycles. The Morgan fingerprint density at radius 2 is 2.14 bits per heavy atom. The Kier molecular flexibility index (Phi) is 4.06. The van der Waals surface area contributed by atoms with E-state index in [9.17, 15) is 14.7 Å². The Labute approximate surface area is 162 Å². The first-order valence-corrected chi connectivity index (χ1v) is 9.32. The van der Waals surface area contributed by atoms with Gasteiger partial charge in [-0.15, -0.1) is 0 Å². The largest absolute Gasteiger partial charge is 0.494 e. The van der Waals surface area contributed by atoms with Gasteiger partial charge in [0.05, 0.1) is 31.1 Å². The van der Waals surface area contributed by atoms with Crippen LogP contribution in [0.4, 0.5) is 0 Å². The quantitative estimate of drug-likeness (QED) is 0.747. The highest BCUT2D eigenvalue weighted by Gasteiger charge is 2.37. The molecule has 0 aliphatic carbocycles. The molecule has 4 rings (SSSR count). The van der Waals surface area contributed by atoms with Crippen molar-refractivity contribution in [3.05, 3.63) is 46.2 Å². The van der Waals surface area contributed by atoms with E-state index < -0.39 is 11.4 Å². The smallest absolute Gasteiger partial charge is 0.341 e. The summed E-state index contributed by atoms with van der Waals surface area (Å²) in [5.74, 6) is -0.541. The summed E-state index contributed by atoms with van der Waals surface area (Å²) in [6.45, 7) is 6.99. The van der Waals surface area contributed by atoms with E-state index >= 15 is 0 Å². The molecule has 0 spiro atoms. The summed E-state index contributed by atoms with van der Waals surface area (Å²) in [4.78, 5) is 24.1. The number of aromatic carboxylic acids is 1. The molecule has 146 valence electrons. The van der Waals surface area contributed by atoms with E-state index in [1.54, 1.807) is 7.11 Å². The van der Waals surface area contributed by atoms with Crippen molar-refractivity contribution in [1.82, 2.24) is 14.3 Å². The zero-order valence-corrected chi connectivity index (χ0v) is 16.4. The van der Waals surface area contributed by atoms with E-state index in [-0.39, 0.29) is 17.0 Å². The highest BCUT2D eigenvalue weighted by molar-refractivity contribution is 5.96. The number of hydrogen-bond donors (Lipinski definition) is 1. The molecular weight excluding hydrogens is 358 g/mol. The second kappa shape index (κ2) is 6.22. The third kappa shape index (κ3) is 2.53. The van der Waals surface area contributed by atoms with Crippen molar-refractivity contribution in [2.45, 2.75) is 39.8 Å². The van der Waals surface area contributed by atoms with Crippen LogP contribution in [-0.4, -0.2) is 32.5 Å². The van der Waals surface area contributed by atoms with Crippen molar-refractivity contribution in [1.29, 1.82) is 0 Å². The number of carboxylic acid groups (broad SMARTS) is 1. The lowest BCUT2D eigenvalue weighted by molar-refractivity contribution is 0.0693. The Morgan fingerprint density at radius 3 is 2.79 bits per heavy atom. The van der Waals surface area contributed by atoms with Crippen LogP contribution in [0.3, 0.4) is 0 Å². The van der Waals surface area contributed by atoms with Gasteiger partial charge in [0, 0.05) is 17.6 Å². The average molecular weight is 381 g/mol. The fourth-order valence-electron chi connectivity index (χ4n) is 3.96. The maximum atomic E-state index is 12.5. The van der Waals surface area contributed by atoms with Crippen LogP contribution >= 0.6 is 0 Å². The second-order valence-electron chi connectivity index (χ2n) is 7.89. The van der Waals surface area contributed by atoms with Gasteiger partial charge in [0.25, 0.3) is 0 Å². The van der Waals surface area contributed by atoms with Crippen LogP contribution < -0.4 is 10.2 Å². The molecule has 28 heavy (non-hydrogen) atoms. The lowest BCUT2D eigenvalue weighted by atomic mass is 9.80. The molecule has 3 heterocycles. The normalized spacial score (nSPS) is 15.9. The molecule has 1 aliphatic rings. The summed E-state index contributed by atoms with van der Waals surface area (Å²) in [7, 11) is 1.60. The van der Waals surface area contributed by atoms with Crippen LogP contribution in [0.25, 0.3) is 22.3 Å². The first-order valence-electron chi connectivity index (χ1n) is 9.32. The molecule has 1 aliphatic heterocycles. The second-order valence-corrected chi connectivity index (χ2v) is 7.89. The SMILES string of the molecule is CCC(C)(C)C1Cn2nc3c(OC)cccc3c2-c2cc(=O)c(C(=O)O)cn21. The summed E-state index contributed by atoms with van der Waals surface area (Å²) in [6, 6.07) is 7.07. The number of carbonyl (C=O) groups is 1. The molecule has 0 saturated carbocycles. The van der Waals surface area contributed by atoms with Crippen molar-refractivity contribution < 1.29 is 14.6 Å². The number of methoxy groups -OCH3 is 1. The number of rotatable bonds is 4. The van der Waals surface area contributed by atoms with Crippen LogP contribution in [-0.2, 0) is 6.54 Å². The van der Waals surface area contributed by atoms with Gasteiger partial charge >= 0.3 is 5.97 Å². The minimum absolute atomic E-state index is 0.0426. The fraction of sp³-hybridized carbons (Fsp3) is 0.381. The summed E-state index contributed by atoms with van der Waals surface area (Å²) < 4.78 is 9.33. The van der Waals surface area contributed by atoms with Crippen molar-refractivity contribution in [3.8, 4) is 17.1 Å². The van der Waals surface area contributed by atoms with Gasteiger partial charge in [-0.1, -0.05) is 32.9 Å². The number of aromatic nitrogens is 3. The molecule has 0 bridgehead atoms. The van der Waals surface area contributed by atoms with Crippen molar-refractivity contribution in [3.63, 3.8) is 0 Å². The molecule has 1 N–H and O–H groups in total. The maximum absolute atomic E-state index is 12.5. The topological polar surface area (TPSA) is 86.3 Å². The van der Waals surface area contributed by atoms with Gasteiger partial charge in [-0.05, 0) is 17.9 Å². The molecule has 0 radical (unpaired) electrons. The summed E-state index contributed by atoms with van der Waals surface area (Å²) >= 11 is 0. The van der Waals surface area contributed by atoms with Gasteiger partial charge in [-0.2, -0.15) is 5.10 Å². The van der Waals surface area contributed by atoms with Crippen LogP contribution in [0, 0.1) is 5.41 Å². The van der Waals surface area contributed by atoms with Crippen LogP contribution in [0.5, 0.6) is 5.75 Å². The van der Waals surface area contributed by atoms with Crippen LogP contribution in [0.15, 0.2) is 35.3 Å². The van der Waals surface area contributed by atoms with Crippen molar-refractivity contribution in [2.75, 3.05) is 7.11 Å². The van der Waals surface area contributed by atoms with E-state index in [0.717, 1.165) is 23.0 Å². The number of hydrogen-bond acceptors (Lipinski definition) is 4. The van der Waals surface area contributed by atoms with Gasteiger partial charge in [-0.25, -0.2) is 4.79 Å². The van der Waals surface area contributed by atoms with Gasteiger partial charge in [0.2, 0.25) is 0 Å².